The summed E-state index contributed by atoms with van der Waals surface area (Å²) in [6.07, 6.45) is 0.635. The van der Waals surface area contributed by atoms with Crippen LogP contribution in [0.4, 0.5) is 5.69 Å². The zero-order valence-electron chi connectivity index (χ0n) is 9.90. The minimum absolute atomic E-state index is 0.132. The van der Waals surface area contributed by atoms with Gasteiger partial charge >= 0.3 is 0 Å². The summed E-state index contributed by atoms with van der Waals surface area (Å²) in [5.74, 6) is 0.894. The van der Waals surface area contributed by atoms with Gasteiger partial charge in [0.05, 0.1) is 5.88 Å². The van der Waals surface area contributed by atoms with Gasteiger partial charge < -0.3 is 9.84 Å². The molecule has 100 valence electrons. The Labute approximate surface area is 119 Å². The van der Waals surface area contributed by atoms with E-state index in [1.807, 2.05) is 0 Å². The zero-order chi connectivity index (χ0) is 13.7. The van der Waals surface area contributed by atoms with Crippen LogP contribution in [-0.2, 0) is 17.1 Å². The molecule has 0 bridgehead atoms. The number of amides is 1. The molecule has 1 heterocycles. The van der Waals surface area contributed by atoms with Gasteiger partial charge in [0.25, 0.3) is 0 Å². The Morgan fingerprint density at radius 2 is 2.05 bits per heavy atom. The average Bonchev–Trinajstić information content (AvgIpc) is 2.87. The van der Waals surface area contributed by atoms with Crippen molar-refractivity contribution in [3.63, 3.8) is 0 Å². The number of carbonyl (C=O) groups is 1. The van der Waals surface area contributed by atoms with Crippen molar-refractivity contribution in [2.75, 3.05) is 5.32 Å². The highest BCUT2D eigenvalue weighted by Gasteiger charge is 2.08. The number of alkyl halides is 1. The van der Waals surface area contributed by atoms with Crippen molar-refractivity contribution in [2.24, 2.45) is 0 Å². The normalized spacial score (nSPS) is 10.4. The molecule has 0 unspecified atom stereocenters. The molecule has 0 atom stereocenters. The number of halogens is 2. The Morgan fingerprint density at radius 1 is 1.32 bits per heavy atom. The number of hydrogen-bond acceptors (Lipinski definition) is 4. The number of aryl methyl sites for hydroxylation is 1. The average molecular weight is 300 g/mol. The van der Waals surface area contributed by atoms with E-state index >= 15 is 0 Å². The molecular formula is C12H11Cl2N3O2. The molecule has 0 aliphatic carbocycles. The summed E-state index contributed by atoms with van der Waals surface area (Å²) in [6.45, 7) is 0. The summed E-state index contributed by atoms with van der Waals surface area (Å²) < 4.78 is 4.93. The molecule has 2 rings (SSSR count). The quantitative estimate of drug-likeness (QED) is 0.862. The molecule has 0 aliphatic rings. The molecule has 1 N–H and O–H groups in total. The minimum Gasteiger partial charge on any atom is -0.339 e. The molecule has 2 aromatic rings. The predicted octanol–water partition coefficient (Wildman–Crippen LogP) is 3.03. The Balaban J connectivity index is 1.82. The van der Waals surface area contributed by atoms with Crippen molar-refractivity contribution in [1.29, 1.82) is 0 Å². The van der Waals surface area contributed by atoms with Gasteiger partial charge in [-0.15, -0.1) is 11.6 Å². The molecular weight excluding hydrogens is 289 g/mol. The monoisotopic (exact) mass is 299 g/mol. The Morgan fingerprint density at radius 3 is 2.68 bits per heavy atom. The molecule has 0 saturated heterocycles. The highest BCUT2D eigenvalue weighted by atomic mass is 35.5. The van der Waals surface area contributed by atoms with Gasteiger partial charge in [0.15, 0.2) is 5.82 Å². The minimum atomic E-state index is -0.132. The van der Waals surface area contributed by atoms with Crippen molar-refractivity contribution < 1.29 is 9.32 Å². The van der Waals surface area contributed by atoms with E-state index in [2.05, 4.69) is 15.5 Å². The first-order valence-corrected chi connectivity index (χ1v) is 6.51. The van der Waals surface area contributed by atoms with Crippen molar-refractivity contribution in [3.8, 4) is 0 Å². The Bertz CT molecular complexity index is 554. The number of carbonyl (C=O) groups excluding carboxylic acids is 1. The fraction of sp³-hybridized carbons (Fsp3) is 0.250. The van der Waals surface area contributed by atoms with Crippen molar-refractivity contribution >= 4 is 34.8 Å². The summed E-state index contributed by atoms with van der Waals surface area (Å²) in [7, 11) is 0. The second kappa shape index (κ2) is 6.54. The third-order valence-corrected chi connectivity index (χ3v) is 2.81. The van der Waals surface area contributed by atoms with Crippen LogP contribution in [0.15, 0.2) is 28.8 Å². The van der Waals surface area contributed by atoms with Crippen LogP contribution in [0.5, 0.6) is 0 Å². The van der Waals surface area contributed by atoms with Gasteiger partial charge in [0.1, 0.15) is 0 Å². The number of nitrogens with one attached hydrogen (secondary N) is 1. The van der Waals surface area contributed by atoms with Gasteiger partial charge in [0, 0.05) is 23.6 Å². The van der Waals surface area contributed by atoms with Crippen LogP contribution in [0, 0.1) is 0 Å². The largest absolute Gasteiger partial charge is 0.339 e. The molecule has 7 heteroatoms. The van der Waals surface area contributed by atoms with E-state index in [4.69, 9.17) is 27.7 Å². The molecule has 0 radical (unpaired) electrons. The molecule has 0 aliphatic heterocycles. The van der Waals surface area contributed by atoms with Crippen LogP contribution >= 0.6 is 23.2 Å². The number of benzene rings is 1. The van der Waals surface area contributed by atoms with Crippen LogP contribution in [0.25, 0.3) is 0 Å². The number of hydrogen-bond donors (Lipinski definition) is 1. The summed E-state index contributed by atoms with van der Waals surface area (Å²) in [5.41, 5.74) is 0.696. The number of nitrogens with zero attached hydrogens (tertiary/aromatic N) is 2. The molecule has 0 saturated carbocycles. The molecule has 1 amide bonds. The fourth-order valence-corrected chi connectivity index (χ4v) is 1.66. The third-order valence-electron chi connectivity index (χ3n) is 2.32. The maximum Gasteiger partial charge on any atom is 0.227 e. The van der Waals surface area contributed by atoms with Gasteiger partial charge in [-0.2, -0.15) is 4.98 Å². The highest BCUT2D eigenvalue weighted by Crippen LogP contribution is 2.13. The Hall–Kier alpha value is -1.59. The molecule has 1 aromatic carbocycles. The smallest absolute Gasteiger partial charge is 0.227 e. The van der Waals surface area contributed by atoms with E-state index in [1.165, 1.54) is 0 Å². The molecule has 0 spiro atoms. The summed E-state index contributed by atoms with van der Waals surface area (Å²) in [6, 6.07) is 6.89. The topological polar surface area (TPSA) is 68.0 Å². The van der Waals surface area contributed by atoms with E-state index in [9.17, 15) is 4.79 Å². The van der Waals surface area contributed by atoms with E-state index in [0.29, 0.717) is 28.8 Å². The maximum atomic E-state index is 11.7. The van der Waals surface area contributed by atoms with Crippen molar-refractivity contribution in [1.82, 2.24) is 10.1 Å². The first kappa shape index (κ1) is 13.8. The fourth-order valence-electron chi connectivity index (χ4n) is 1.42. The van der Waals surface area contributed by atoms with E-state index in [1.54, 1.807) is 24.3 Å². The van der Waals surface area contributed by atoms with Crippen molar-refractivity contribution in [2.45, 2.75) is 18.7 Å². The van der Waals surface area contributed by atoms with Gasteiger partial charge in [-0.1, -0.05) is 16.8 Å². The molecule has 0 fully saturated rings. The first-order valence-electron chi connectivity index (χ1n) is 5.60. The van der Waals surface area contributed by atoms with E-state index in [-0.39, 0.29) is 18.2 Å². The lowest BCUT2D eigenvalue weighted by Crippen LogP contribution is -2.12. The molecule has 1 aromatic heterocycles. The zero-order valence-corrected chi connectivity index (χ0v) is 11.4. The van der Waals surface area contributed by atoms with Crippen LogP contribution in [0.3, 0.4) is 0 Å². The van der Waals surface area contributed by atoms with Crippen LogP contribution in [-0.4, -0.2) is 16.0 Å². The third kappa shape index (κ3) is 4.22. The predicted molar refractivity (Wildman–Crippen MR) is 72.3 cm³/mol. The summed E-state index contributed by atoms with van der Waals surface area (Å²) >= 11 is 11.3. The Kier molecular flexibility index (Phi) is 4.76. The van der Waals surface area contributed by atoms with Gasteiger partial charge in [0.2, 0.25) is 11.8 Å². The van der Waals surface area contributed by atoms with E-state index in [0.717, 1.165) is 0 Å². The number of rotatable bonds is 5. The molecule has 19 heavy (non-hydrogen) atoms. The van der Waals surface area contributed by atoms with E-state index < -0.39 is 0 Å². The SMILES string of the molecule is O=C(CCc1nc(CCl)no1)Nc1ccc(Cl)cc1. The van der Waals surface area contributed by atoms with Gasteiger partial charge in [-0.05, 0) is 24.3 Å². The highest BCUT2D eigenvalue weighted by molar-refractivity contribution is 6.30. The maximum absolute atomic E-state index is 11.7. The van der Waals surface area contributed by atoms with Crippen LogP contribution in [0.1, 0.15) is 18.1 Å². The van der Waals surface area contributed by atoms with Gasteiger partial charge in [-0.3, -0.25) is 4.79 Å². The summed E-state index contributed by atoms with van der Waals surface area (Å²) in [5, 5.41) is 7.01. The molecule has 5 nitrogen and oxygen atoms in total. The van der Waals surface area contributed by atoms with Crippen molar-refractivity contribution in [3.05, 3.63) is 41.0 Å². The van der Waals surface area contributed by atoms with Crippen LogP contribution < -0.4 is 5.32 Å². The number of aromatic nitrogens is 2. The lowest BCUT2D eigenvalue weighted by Gasteiger charge is -2.03. The summed E-state index contributed by atoms with van der Waals surface area (Å²) in [4.78, 5) is 15.7. The van der Waals surface area contributed by atoms with Crippen LogP contribution in [0.2, 0.25) is 5.02 Å². The first-order chi connectivity index (χ1) is 9.17. The second-order valence-corrected chi connectivity index (χ2v) is 4.50. The lowest BCUT2D eigenvalue weighted by atomic mass is 10.2. The standard InChI is InChI=1S/C12H11Cl2N3O2/c13-7-10-16-12(19-17-10)6-5-11(18)15-9-3-1-8(14)2-4-9/h1-4H,5-7H2,(H,15,18). The lowest BCUT2D eigenvalue weighted by molar-refractivity contribution is -0.116. The second-order valence-electron chi connectivity index (χ2n) is 3.79. The number of anilines is 1. The van der Waals surface area contributed by atoms with Gasteiger partial charge in [-0.25, -0.2) is 0 Å².